The lowest BCUT2D eigenvalue weighted by molar-refractivity contribution is -0.119. The van der Waals surface area contributed by atoms with E-state index in [-0.39, 0.29) is 12.5 Å². The van der Waals surface area contributed by atoms with Gasteiger partial charge in [0.05, 0.1) is 11.9 Å². The van der Waals surface area contributed by atoms with Crippen LogP contribution in [-0.4, -0.2) is 45.1 Å². The number of rotatable bonds is 8. The molecule has 0 spiro atoms. The standard InChI is InChI=1S/C23H30BrN3O3S/c1-18-14-21(10-11-22(18)24)27(31(2,29)30)17-23(28)25-15-19-8-4-5-9-20(19)16-26-12-6-3-7-13-26/h4-5,8-11,14H,3,6-7,12-13,15-17H2,1-2H3,(H,25,28). The Labute approximate surface area is 193 Å². The van der Waals surface area contributed by atoms with Crippen LogP contribution < -0.4 is 9.62 Å². The van der Waals surface area contributed by atoms with Crippen molar-refractivity contribution in [3.8, 4) is 0 Å². The third-order valence-electron chi connectivity index (χ3n) is 5.55. The van der Waals surface area contributed by atoms with Crippen LogP contribution in [0.4, 0.5) is 5.69 Å². The SMILES string of the molecule is Cc1cc(N(CC(=O)NCc2ccccc2CN2CCCCC2)S(C)(=O)=O)ccc1Br. The Balaban J connectivity index is 1.66. The Morgan fingerprint density at radius 1 is 1.10 bits per heavy atom. The number of aryl methyl sites for hydroxylation is 1. The largest absolute Gasteiger partial charge is 0.350 e. The van der Waals surface area contributed by atoms with Crippen molar-refractivity contribution in [2.45, 2.75) is 39.3 Å². The molecule has 6 nitrogen and oxygen atoms in total. The maximum atomic E-state index is 12.7. The topological polar surface area (TPSA) is 69.7 Å². The summed E-state index contributed by atoms with van der Waals surface area (Å²) in [6, 6.07) is 13.3. The van der Waals surface area contributed by atoms with Gasteiger partial charge in [-0.25, -0.2) is 8.42 Å². The molecule has 2 aromatic rings. The normalized spacial score (nSPS) is 14.9. The number of likely N-dealkylation sites (tertiary alicyclic amines) is 1. The van der Waals surface area contributed by atoms with Gasteiger partial charge in [0.15, 0.2) is 0 Å². The van der Waals surface area contributed by atoms with Gasteiger partial charge in [0.2, 0.25) is 15.9 Å². The van der Waals surface area contributed by atoms with E-state index in [2.05, 4.69) is 32.2 Å². The van der Waals surface area contributed by atoms with Crippen molar-refractivity contribution >= 4 is 37.5 Å². The minimum Gasteiger partial charge on any atom is -0.350 e. The third kappa shape index (κ3) is 6.79. The van der Waals surface area contributed by atoms with Gasteiger partial charge in [-0.3, -0.25) is 14.0 Å². The van der Waals surface area contributed by atoms with Gasteiger partial charge in [0, 0.05) is 17.6 Å². The zero-order valence-corrected chi connectivity index (χ0v) is 20.5. The highest BCUT2D eigenvalue weighted by Gasteiger charge is 2.21. The second kappa shape index (κ2) is 10.6. The fraction of sp³-hybridized carbons (Fsp3) is 0.435. The average Bonchev–Trinajstić information content (AvgIpc) is 2.73. The fourth-order valence-corrected chi connectivity index (χ4v) is 4.90. The first-order valence-electron chi connectivity index (χ1n) is 10.5. The molecule has 1 aliphatic heterocycles. The van der Waals surface area contributed by atoms with Gasteiger partial charge in [-0.2, -0.15) is 0 Å². The molecule has 0 aromatic heterocycles. The summed E-state index contributed by atoms with van der Waals surface area (Å²) in [4.78, 5) is 15.1. The van der Waals surface area contributed by atoms with E-state index in [0.717, 1.165) is 45.8 Å². The van der Waals surface area contributed by atoms with Crippen molar-refractivity contribution in [2.75, 3.05) is 30.2 Å². The Kier molecular flexibility index (Phi) is 8.13. The number of carbonyl (C=O) groups excluding carboxylic acids is 1. The molecule has 1 amide bonds. The van der Waals surface area contributed by atoms with Gasteiger partial charge < -0.3 is 5.32 Å². The summed E-state index contributed by atoms with van der Waals surface area (Å²) < 4.78 is 26.7. The number of anilines is 1. The van der Waals surface area contributed by atoms with Crippen molar-refractivity contribution in [3.63, 3.8) is 0 Å². The molecule has 31 heavy (non-hydrogen) atoms. The summed E-state index contributed by atoms with van der Waals surface area (Å²) in [6.45, 7) is 5.09. The molecule has 0 aliphatic carbocycles. The average molecular weight is 508 g/mol. The van der Waals surface area contributed by atoms with E-state index >= 15 is 0 Å². The van der Waals surface area contributed by atoms with Crippen molar-refractivity contribution < 1.29 is 13.2 Å². The molecule has 3 rings (SSSR count). The quantitative estimate of drug-likeness (QED) is 0.589. The van der Waals surface area contributed by atoms with Crippen LogP contribution in [0.3, 0.4) is 0 Å². The number of benzene rings is 2. The maximum absolute atomic E-state index is 12.7. The summed E-state index contributed by atoms with van der Waals surface area (Å²) in [5.41, 5.74) is 3.64. The fourth-order valence-electron chi connectivity index (χ4n) is 3.81. The van der Waals surface area contributed by atoms with E-state index in [4.69, 9.17) is 0 Å². The lowest BCUT2D eigenvalue weighted by atomic mass is 10.0. The number of carbonyl (C=O) groups is 1. The summed E-state index contributed by atoms with van der Waals surface area (Å²) in [6.07, 6.45) is 4.88. The predicted octanol–water partition coefficient (Wildman–Crippen LogP) is 3.83. The van der Waals surface area contributed by atoms with Crippen molar-refractivity contribution in [1.82, 2.24) is 10.2 Å². The highest BCUT2D eigenvalue weighted by atomic mass is 79.9. The van der Waals surface area contributed by atoms with Crippen molar-refractivity contribution in [2.24, 2.45) is 0 Å². The van der Waals surface area contributed by atoms with Gasteiger partial charge >= 0.3 is 0 Å². The first kappa shape index (κ1) is 23.8. The first-order valence-corrected chi connectivity index (χ1v) is 13.2. The molecular formula is C23H30BrN3O3S. The highest BCUT2D eigenvalue weighted by molar-refractivity contribution is 9.10. The monoisotopic (exact) mass is 507 g/mol. The number of nitrogens with zero attached hydrogens (tertiary/aromatic N) is 2. The highest BCUT2D eigenvalue weighted by Crippen LogP contribution is 2.24. The summed E-state index contributed by atoms with van der Waals surface area (Å²) in [7, 11) is -3.60. The van der Waals surface area contributed by atoms with Crippen LogP contribution in [0.25, 0.3) is 0 Å². The molecular weight excluding hydrogens is 478 g/mol. The second-order valence-electron chi connectivity index (χ2n) is 8.09. The molecule has 0 bridgehead atoms. The minimum atomic E-state index is -3.60. The summed E-state index contributed by atoms with van der Waals surface area (Å²) >= 11 is 3.42. The molecule has 0 saturated carbocycles. The molecule has 1 fully saturated rings. The third-order valence-corrected chi connectivity index (χ3v) is 7.58. The van der Waals surface area contributed by atoms with Gasteiger partial charge in [-0.05, 0) is 67.7 Å². The molecule has 1 heterocycles. The molecule has 1 aliphatic rings. The van der Waals surface area contributed by atoms with Crippen LogP contribution in [0, 0.1) is 6.92 Å². The van der Waals surface area contributed by atoms with Crippen LogP contribution in [0.1, 0.15) is 36.0 Å². The lowest BCUT2D eigenvalue weighted by Gasteiger charge is -2.27. The van der Waals surface area contributed by atoms with E-state index in [1.165, 1.54) is 24.8 Å². The van der Waals surface area contributed by atoms with Crippen LogP contribution >= 0.6 is 15.9 Å². The van der Waals surface area contributed by atoms with E-state index in [0.29, 0.717) is 12.2 Å². The summed E-state index contributed by atoms with van der Waals surface area (Å²) in [5, 5.41) is 2.90. The van der Waals surface area contributed by atoms with Gasteiger partial charge in [-0.1, -0.05) is 46.6 Å². The molecule has 0 atom stereocenters. The molecule has 168 valence electrons. The molecule has 1 saturated heterocycles. The Morgan fingerprint density at radius 3 is 2.42 bits per heavy atom. The van der Waals surface area contributed by atoms with Gasteiger partial charge in [0.1, 0.15) is 6.54 Å². The number of halogens is 1. The van der Waals surface area contributed by atoms with Gasteiger partial charge in [-0.15, -0.1) is 0 Å². The second-order valence-corrected chi connectivity index (χ2v) is 10.8. The van der Waals surface area contributed by atoms with E-state index in [9.17, 15) is 13.2 Å². The molecule has 0 unspecified atom stereocenters. The Bertz CT molecular complexity index is 1020. The molecule has 1 N–H and O–H groups in total. The van der Waals surface area contributed by atoms with Crippen LogP contribution in [-0.2, 0) is 27.9 Å². The van der Waals surface area contributed by atoms with E-state index in [1.807, 2.05) is 25.1 Å². The van der Waals surface area contributed by atoms with Crippen LogP contribution in [0.5, 0.6) is 0 Å². The maximum Gasteiger partial charge on any atom is 0.241 e. The molecule has 0 radical (unpaired) electrons. The first-order chi connectivity index (χ1) is 14.7. The number of piperidine rings is 1. The predicted molar refractivity (Wildman–Crippen MR) is 128 cm³/mol. The minimum absolute atomic E-state index is 0.256. The number of sulfonamides is 1. The zero-order valence-electron chi connectivity index (χ0n) is 18.1. The molecule has 8 heteroatoms. The number of hydrogen-bond acceptors (Lipinski definition) is 4. The van der Waals surface area contributed by atoms with Crippen molar-refractivity contribution in [3.05, 3.63) is 63.6 Å². The number of hydrogen-bond donors (Lipinski definition) is 1. The smallest absolute Gasteiger partial charge is 0.241 e. The summed E-state index contributed by atoms with van der Waals surface area (Å²) in [5.74, 6) is -0.334. The number of nitrogens with one attached hydrogen (secondary N) is 1. The van der Waals surface area contributed by atoms with E-state index in [1.54, 1.807) is 18.2 Å². The zero-order chi connectivity index (χ0) is 22.4. The molecule has 2 aromatic carbocycles. The lowest BCUT2D eigenvalue weighted by Crippen LogP contribution is -2.40. The Morgan fingerprint density at radius 2 is 1.77 bits per heavy atom. The van der Waals surface area contributed by atoms with E-state index < -0.39 is 10.0 Å². The number of amides is 1. The Hall–Kier alpha value is -1.90. The van der Waals surface area contributed by atoms with Crippen LogP contribution in [0.2, 0.25) is 0 Å². The van der Waals surface area contributed by atoms with Crippen LogP contribution in [0.15, 0.2) is 46.9 Å². The van der Waals surface area contributed by atoms with Gasteiger partial charge in [0.25, 0.3) is 0 Å². The van der Waals surface area contributed by atoms with Crippen molar-refractivity contribution in [1.29, 1.82) is 0 Å².